The van der Waals surface area contributed by atoms with E-state index in [1.54, 1.807) is 0 Å². The molecule has 5 nitrogen and oxygen atoms in total. The molecular formula is C25H51NO4P+. The molecule has 0 spiro atoms. The summed E-state index contributed by atoms with van der Waals surface area (Å²) in [5.74, 6) is 0. The molecule has 0 saturated carbocycles. The molecule has 3 N–H and O–H groups in total. The number of hydrogen-bond acceptors (Lipinski definition) is 2. The number of rotatable bonds is 20. The lowest BCUT2D eigenvalue weighted by molar-refractivity contribution is -0.875. The minimum atomic E-state index is -4.56. The van der Waals surface area contributed by atoms with Crippen molar-refractivity contribution < 1.29 is 23.9 Å². The van der Waals surface area contributed by atoms with Crippen molar-refractivity contribution in [3.05, 3.63) is 24.3 Å². The van der Waals surface area contributed by atoms with Gasteiger partial charge in [-0.15, -0.1) is 0 Å². The Morgan fingerprint density at radius 3 is 1.48 bits per heavy atom. The van der Waals surface area contributed by atoms with Crippen LogP contribution in [0.2, 0.25) is 0 Å². The van der Waals surface area contributed by atoms with Crippen molar-refractivity contribution in [1.29, 1.82) is 0 Å². The number of quaternary nitrogens is 1. The third kappa shape index (κ3) is 17.7. The molecule has 0 aliphatic heterocycles. The van der Waals surface area contributed by atoms with Crippen molar-refractivity contribution in [2.45, 2.75) is 109 Å². The van der Waals surface area contributed by atoms with Crippen LogP contribution in [0.1, 0.15) is 103 Å². The van der Waals surface area contributed by atoms with Gasteiger partial charge in [-0.1, -0.05) is 69.8 Å². The van der Waals surface area contributed by atoms with Crippen LogP contribution in [-0.4, -0.2) is 52.4 Å². The highest BCUT2D eigenvalue weighted by Crippen LogP contribution is 2.52. The van der Waals surface area contributed by atoms with Crippen molar-refractivity contribution in [2.75, 3.05) is 27.7 Å². The molecule has 0 bridgehead atoms. The molecule has 0 rings (SSSR count). The molecule has 0 aromatic rings. The van der Waals surface area contributed by atoms with E-state index in [2.05, 4.69) is 31.2 Å². The molecule has 0 aromatic heterocycles. The lowest BCUT2D eigenvalue weighted by Crippen LogP contribution is -2.49. The van der Waals surface area contributed by atoms with Gasteiger partial charge in [-0.05, 0) is 57.8 Å². The second kappa shape index (κ2) is 17.1. The Hall–Kier alpha value is -0.450. The van der Waals surface area contributed by atoms with Gasteiger partial charge in [0.25, 0.3) is 0 Å². The Morgan fingerprint density at radius 1 is 0.710 bits per heavy atom. The molecule has 1 unspecified atom stereocenters. The maximum Gasteiger partial charge on any atom is 0.362 e. The Balaban J connectivity index is 3.72. The summed E-state index contributed by atoms with van der Waals surface area (Å²) in [7, 11) is 0.915. The zero-order valence-electron chi connectivity index (χ0n) is 20.8. The molecule has 1 atom stereocenters. The third-order valence-corrected chi connectivity index (χ3v) is 6.97. The second-order valence-corrected chi connectivity index (χ2v) is 11.9. The van der Waals surface area contributed by atoms with Gasteiger partial charge in [-0.25, -0.2) is 0 Å². The number of aliphatic hydroxyl groups is 1. The van der Waals surface area contributed by atoms with Crippen LogP contribution in [0.15, 0.2) is 24.3 Å². The summed E-state index contributed by atoms with van der Waals surface area (Å²) >= 11 is 0. The molecular weight excluding hydrogens is 409 g/mol. The largest absolute Gasteiger partial charge is 0.373 e. The number of allylic oxidation sites excluding steroid dienone is 4. The highest BCUT2D eigenvalue weighted by Gasteiger charge is 2.48. The van der Waals surface area contributed by atoms with Crippen molar-refractivity contribution in [2.24, 2.45) is 0 Å². The first kappa shape index (κ1) is 30.6. The summed E-state index contributed by atoms with van der Waals surface area (Å²) < 4.78 is 12.1. The average molecular weight is 461 g/mol. The fraction of sp³-hybridized carbons (Fsp3) is 0.840. The van der Waals surface area contributed by atoms with Crippen LogP contribution in [0.25, 0.3) is 0 Å². The van der Waals surface area contributed by atoms with Crippen molar-refractivity contribution in [1.82, 2.24) is 0 Å². The fourth-order valence-electron chi connectivity index (χ4n) is 3.79. The van der Waals surface area contributed by atoms with Gasteiger partial charge in [0.2, 0.25) is 5.34 Å². The summed E-state index contributed by atoms with van der Waals surface area (Å²) in [5.41, 5.74) is 0. The Morgan fingerprint density at radius 2 is 1.10 bits per heavy atom. The molecule has 6 heteroatoms. The lowest BCUT2D eigenvalue weighted by Gasteiger charge is -2.35. The normalized spacial score (nSPS) is 15.2. The van der Waals surface area contributed by atoms with Crippen LogP contribution < -0.4 is 0 Å². The third-order valence-electron chi connectivity index (χ3n) is 5.52. The summed E-state index contributed by atoms with van der Waals surface area (Å²) in [6, 6.07) is 0. The van der Waals surface area contributed by atoms with Crippen LogP contribution in [0, 0.1) is 0 Å². The molecule has 184 valence electrons. The zero-order valence-corrected chi connectivity index (χ0v) is 21.7. The fourth-order valence-corrected chi connectivity index (χ4v) is 4.85. The molecule has 0 fully saturated rings. The van der Waals surface area contributed by atoms with E-state index in [-0.39, 0.29) is 13.0 Å². The van der Waals surface area contributed by atoms with E-state index in [9.17, 15) is 19.5 Å². The summed E-state index contributed by atoms with van der Waals surface area (Å²) in [6.07, 6.45) is 25.6. The predicted octanol–water partition coefficient (Wildman–Crippen LogP) is 6.54. The summed E-state index contributed by atoms with van der Waals surface area (Å²) in [5, 5.41) is 8.57. The highest BCUT2D eigenvalue weighted by molar-refractivity contribution is 7.53. The van der Waals surface area contributed by atoms with Crippen LogP contribution in [0.3, 0.4) is 0 Å². The van der Waals surface area contributed by atoms with E-state index in [0.717, 1.165) is 12.8 Å². The predicted molar refractivity (Wildman–Crippen MR) is 133 cm³/mol. The topological polar surface area (TPSA) is 77.8 Å². The van der Waals surface area contributed by atoms with Crippen LogP contribution >= 0.6 is 7.60 Å². The van der Waals surface area contributed by atoms with Crippen LogP contribution in [0.5, 0.6) is 0 Å². The van der Waals surface area contributed by atoms with Gasteiger partial charge in [0, 0.05) is 0 Å². The van der Waals surface area contributed by atoms with Gasteiger partial charge >= 0.3 is 7.60 Å². The van der Waals surface area contributed by atoms with E-state index in [0.29, 0.717) is 10.9 Å². The maximum atomic E-state index is 11.8. The molecule has 31 heavy (non-hydrogen) atoms. The van der Waals surface area contributed by atoms with E-state index < -0.39 is 12.9 Å². The van der Waals surface area contributed by atoms with Crippen LogP contribution in [0.4, 0.5) is 0 Å². The average Bonchev–Trinajstić information content (AvgIpc) is 2.65. The number of hydrogen-bond donors (Lipinski definition) is 3. The molecule has 0 aliphatic rings. The van der Waals surface area contributed by atoms with Crippen LogP contribution in [-0.2, 0) is 4.57 Å². The summed E-state index contributed by atoms with van der Waals surface area (Å²) in [4.78, 5) is 19.1. The standard InChI is InChI=1S/C25H50NO4P/c1-5-6-7-8-9-10-11-12-13-14-15-16-17-18-19-20-21-22-23-25(27,31(28,29)30)24-26(2,3)4/h9-10,19-20,27H,5-8,11-18,21-24H2,1-4H3,(H-,28,29,30)/p+1/b10-9-,20-19-. The highest BCUT2D eigenvalue weighted by atomic mass is 31.2. The monoisotopic (exact) mass is 460 g/mol. The number of unbranched alkanes of at least 4 members (excludes halogenated alkanes) is 11. The minimum Gasteiger partial charge on any atom is -0.373 e. The second-order valence-electron chi connectivity index (χ2n) is 10.0. The molecule has 0 amide bonds. The number of nitrogens with zero attached hydrogens (tertiary/aromatic N) is 1. The molecule has 0 saturated heterocycles. The molecule has 0 aromatic carbocycles. The van der Waals surface area contributed by atoms with Crippen molar-refractivity contribution >= 4 is 7.60 Å². The molecule has 0 radical (unpaired) electrons. The van der Waals surface area contributed by atoms with Gasteiger partial charge in [0.1, 0.15) is 6.54 Å². The Kier molecular flexibility index (Phi) is 16.8. The molecule has 0 heterocycles. The lowest BCUT2D eigenvalue weighted by atomic mass is 10.1. The first-order valence-corrected chi connectivity index (χ1v) is 14.0. The van der Waals surface area contributed by atoms with Gasteiger partial charge in [-0.2, -0.15) is 0 Å². The minimum absolute atomic E-state index is 0.0379. The Bertz CT molecular complexity index is 536. The maximum absolute atomic E-state index is 11.8. The van der Waals surface area contributed by atoms with Gasteiger partial charge in [0.15, 0.2) is 0 Å². The zero-order chi connectivity index (χ0) is 23.6. The van der Waals surface area contributed by atoms with E-state index >= 15 is 0 Å². The number of likely N-dealkylation sites (N-methyl/N-ethyl adjacent to an activating group) is 1. The van der Waals surface area contributed by atoms with Crippen molar-refractivity contribution in [3.63, 3.8) is 0 Å². The summed E-state index contributed by atoms with van der Waals surface area (Å²) in [6.45, 7) is 2.28. The van der Waals surface area contributed by atoms with E-state index in [1.807, 2.05) is 21.1 Å². The van der Waals surface area contributed by atoms with E-state index in [4.69, 9.17) is 0 Å². The quantitative estimate of drug-likeness (QED) is 0.0834. The van der Waals surface area contributed by atoms with Gasteiger partial charge in [-0.3, -0.25) is 4.57 Å². The Labute approximate surface area is 192 Å². The van der Waals surface area contributed by atoms with Crippen molar-refractivity contribution in [3.8, 4) is 0 Å². The first-order chi connectivity index (χ1) is 14.5. The first-order valence-electron chi connectivity index (χ1n) is 12.4. The van der Waals surface area contributed by atoms with Gasteiger partial charge < -0.3 is 19.4 Å². The van der Waals surface area contributed by atoms with E-state index in [1.165, 1.54) is 70.6 Å². The smallest absolute Gasteiger partial charge is 0.362 e. The van der Waals surface area contributed by atoms with Gasteiger partial charge in [0.05, 0.1) is 21.1 Å². The molecule has 0 aliphatic carbocycles. The SMILES string of the molecule is CCCCC/C=C\CCCCCCCC/C=C\CCCC(O)(C[N+](C)(C)C)P(=O)(O)O.